The molecule has 0 aliphatic heterocycles. The third-order valence-electron chi connectivity index (χ3n) is 8.57. The standard InChI is InChI=1S/C34H38N12O6/c1-5-45-25(11-17(3)41-45)31(51)39-33-37-21-13-19(29(35)49)7-9-23(21)43(33)15-27(47)28(48)16-44-24-10-8-20(30(36)50)14-22(24)38-34(44)40-32(52)26-12-18(4)42-46(26)6-2/h7-14,27-28,47-48H,5-6,15-16H2,1-4H3,(H2,35,49)(H2,36,50)(H,37,39,51)(H,38,40,52)/t27-,28?/m1/s1. The zero-order chi connectivity index (χ0) is 37.4. The Balaban J connectivity index is 1.33. The fourth-order valence-corrected chi connectivity index (χ4v) is 6.01. The molecular formula is C34H38N12O6. The molecule has 4 heterocycles. The number of hydrogen-bond donors (Lipinski definition) is 6. The van der Waals surface area contributed by atoms with Gasteiger partial charge in [-0.15, -0.1) is 0 Å². The molecule has 18 nitrogen and oxygen atoms in total. The molecule has 0 aliphatic carbocycles. The maximum Gasteiger partial charge on any atom is 0.276 e. The van der Waals surface area contributed by atoms with Crippen LogP contribution in [0.5, 0.6) is 0 Å². The molecule has 2 aromatic carbocycles. The van der Waals surface area contributed by atoms with Gasteiger partial charge in [0.05, 0.1) is 58.8 Å². The number of nitrogens with two attached hydrogens (primary N) is 2. The Bertz CT molecular complexity index is 2200. The summed E-state index contributed by atoms with van der Waals surface area (Å²) in [6.45, 7) is 7.58. The van der Waals surface area contributed by atoms with Crippen LogP contribution in [-0.2, 0) is 26.2 Å². The number of anilines is 2. The summed E-state index contributed by atoms with van der Waals surface area (Å²) >= 11 is 0. The fraction of sp³-hybridized carbons (Fsp3) is 0.294. The molecule has 1 unspecified atom stereocenters. The van der Waals surface area contributed by atoms with Gasteiger partial charge >= 0.3 is 0 Å². The third kappa shape index (κ3) is 6.83. The summed E-state index contributed by atoms with van der Waals surface area (Å²) in [6, 6.07) is 12.3. The van der Waals surface area contributed by atoms with E-state index in [1.54, 1.807) is 38.1 Å². The Labute approximate surface area is 296 Å². The van der Waals surface area contributed by atoms with Crippen molar-refractivity contribution in [3.8, 4) is 0 Å². The zero-order valence-electron chi connectivity index (χ0n) is 28.9. The van der Waals surface area contributed by atoms with Crippen LogP contribution in [-0.4, -0.2) is 84.7 Å². The van der Waals surface area contributed by atoms with Crippen LogP contribution in [0.15, 0.2) is 48.5 Å². The number of carbonyl (C=O) groups is 4. The zero-order valence-corrected chi connectivity index (χ0v) is 28.9. The monoisotopic (exact) mass is 710 g/mol. The van der Waals surface area contributed by atoms with Gasteiger partial charge in [-0.1, -0.05) is 0 Å². The highest BCUT2D eigenvalue weighted by Gasteiger charge is 2.26. The molecule has 270 valence electrons. The molecule has 8 N–H and O–H groups in total. The average molecular weight is 711 g/mol. The topological polar surface area (TPSA) is 256 Å². The summed E-state index contributed by atoms with van der Waals surface area (Å²) < 4.78 is 6.09. The van der Waals surface area contributed by atoms with Crippen LogP contribution in [0.3, 0.4) is 0 Å². The van der Waals surface area contributed by atoms with E-state index in [2.05, 4.69) is 30.8 Å². The molecule has 0 bridgehead atoms. The lowest BCUT2D eigenvalue weighted by atomic mass is 10.1. The predicted molar refractivity (Wildman–Crippen MR) is 190 cm³/mol. The van der Waals surface area contributed by atoms with Crippen molar-refractivity contribution in [2.75, 3.05) is 10.6 Å². The first-order valence-corrected chi connectivity index (χ1v) is 16.5. The SMILES string of the molecule is CCn1nc(C)cc1C(=O)Nc1nc2cc(C(N)=O)ccc2n1CC(O)[C@H](O)Cn1c(NC(=O)c2cc(C)nn2CC)nc2cc(C(N)=O)ccc21. The number of aliphatic hydroxyl groups excluding tert-OH is 2. The first kappa shape index (κ1) is 35.4. The van der Waals surface area contributed by atoms with Gasteiger partial charge in [-0.3, -0.25) is 39.2 Å². The van der Waals surface area contributed by atoms with Gasteiger partial charge in [-0.05, 0) is 76.2 Å². The van der Waals surface area contributed by atoms with Crippen molar-refractivity contribution in [3.63, 3.8) is 0 Å². The van der Waals surface area contributed by atoms with E-state index in [1.165, 1.54) is 42.8 Å². The molecule has 2 atom stereocenters. The van der Waals surface area contributed by atoms with Gasteiger partial charge in [-0.2, -0.15) is 10.2 Å². The maximum atomic E-state index is 13.4. The van der Waals surface area contributed by atoms with E-state index < -0.39 is 35.8 Å². The number of fused-ring (bicyclic) bond motifs is 2. The Hall–Kier alpha value is -6.40. The van der Waals surface area contributed by atoms with Gasteiger partial charge in [-0.25, -0.2) is 9.97 Å². The minimum Gasteiger partial charge on any atom is -0.388 e. The van der Waals surface area contributed by atoms with E-state index in [0.29, 0.717) is 46.5 Å². The van der Waals surface area contributed by atoms with Crippen molar-refractivity contribution in [1.82, 2.24) is 38.7 Å². The maximum absolute atomic E-state index is 13.4. The molecule has 0 spiro atoms. The summed E-state index contributed by atoms with van der Waals surface area (Å²) in [4.78, 5) is 59.7. The number of carbonyl (C=O) groups excluding carboxylic acids is 4. The molecule has 0 aliphatic rings. The van der Waals surface area contributed by atoms with Crippen molar-refractivity contribution in [2.24, 2.45) is 11.5 Å². The Morgan fingerprint density at radius 3 is 1.40 bits per heavy atom. The van der Waals surface area contributed by atoms with Gasteiger partial charge in [0, 0.05) is 24.2 Å². The van der Waals surface area contributed by atoms with Crippen LogP contribution < -0.4 is 22.1 Å². The lowest BCUT2D eigenvalue weighted by Crippen LogP contribution is -2.35. The second kappa shape index (κ2) is 14.1. The molecule has 4 amide bonds. The first-order valence-electron chi connectivity index (χ1n) is 16.5. The lowest BCUT2D eigenvalue weighted by molar-refractivity contribution is 0.00174. The Morgan fingerprint density at radius 2 is 1.06 bits per heavy atom. The molecule has 0 saturated carbocycles. The van der Waals surface area contributed by atoms with Gasteiger partial charge < -0.3 is 30.8 Å². The normalized spacial score (nSPS) is 12.7. The first-order chi connectivity index (χ1) is 24.8. The number of hydrogen-bond acceptors (Lipinski definition) is 10. The predicted octanol–water partition coefficient (Wildman–Crippen LogP) is 1.56. The highest BCUT2D eigenvalue weighted by atomic mass is 16.3. The van der Waals surface area contributed by atoms with Crippen LogP contribution >= 0.6 is 0 Å². The number of nitrogens with one attached hydrogen (secondary N) is 2. The van der Waals surface area contributed by atoms with E-state index >= 15 is 0 Å². The van der Waals surface area contributed by atoms with Crippen molar-refractivity contribution in [1.29, 1.82) is 0 Å². The number of amides is 4. The van der Waals surface area contributed by atoms with Crippen molar-refractivity contribution >= 4 is 57.6 Å². The summed E-state index contributed by atoms with van der Waals surface area (Å²) in [6.07, 6.45) is -2.94. The molecule has 0 saturated heterocycles. The molecule has 4 aromatic heterocycles. The van der Waals surface area contributed by atoms with Gasteiger partial charge in [0.1, 0.15) is 11.4 Å². The quantitative estimate of drug-likeness (QED) is 0.101. The van der Waals surface area contributed by atoms with Crippen LogP contribution in [0.1, 0.15) is 66.9 Å². The smallest absolute Gasteiger partial charge is 0.276 e. The molecule has 18 heteroatoms. The summed E-state index contributed by atoms with van der Waals surface area (Å²) in [5.41, 5.74) is 14.7. The number of nitrogens with zero attached hydrogens (tertiary/aromatic N) is 8. The number of imidazole rings is 2. The Morgan fingerprint density at radius 1 is 0.673 bits per heavy atom. The second-order valence-corrected chi connectivity index (χ2v) is 12.2. The van der Waals surface area contributed by atoms with Gasteiger partial charge in [0.2, 0.25) is 23.7 Å². The molecule has 6 aromatic rings. The molecular weight excluding hydrogens is 672 g/mol. The number of aryl methyl sites for hydroxylation is 4. The van der Waals surface area contributed by atoms with Crippen molar-refractivity contribution < 1.29 is 29.4 Å². The van der Waals surface area contributed by atoms with E-state index in [0.717, 1.165) is 0 Å². The highest BCUT2D eigenvalue weighted by Crippen LogP contribution is 2.26. The molecule has 6 rings (SSSR count). The van der Waals surface area contributed by atoms with Crippen molar-refractivity contribution in [3.05, 3.63) is 82.4 Å². The largest absolute Gasteiger partial charge is 0.388 e. The molecule has 52 heavy (non-hydrogen) atoms. The number of benzene rings is 2. The lowest BCUT2D eigenvalue weighted by Gasteiger charge is -2.22. The number of aromatic nitrogens is 8. The highest BCUT2D eigenvalue weighted by molar-refractivity contribution is 6.04. The molecule has 0 fully saturated rings. The number of aliphatic hydroxyl groups is 2. The van der Waals surface area contributed by atoms with Crippen LogP contribution in [0, 0.1) is 13.8 Å². The van der Waals surface area contributed by atoms with Crippen molar-refractivity contribution in [2.45, 2.75) is 66.1 Å². The van der Waals surface area contributed by atoms with Gasteiger partial charge in [0.25, 0.3) is 11.8 Å². The van der Waals surface area contributed by atoms with Crippen LogP contribution in [0.25, 0.3) is 22.1 Å². The number of primary amides is 2. The fourth-order valence-electron chi connectivity index (χ4n) is 6.01. The van der Waals surface area contributed by atoms with E-state index in [1.807, 2.05) is 13.8 Å². The van der Waals surface area contributed by atoms with Crippen LogP contribution in [0.2, 0.25) is 0 Å². The van der Waals surface area contributed by atoms with E-state index in [-0.39, 0.29) is 47.5 Å². The summed E-state index contributed by atoms with van der Waals surface area (Å²) in [5, 5.41) is 37.1. The third-order valence-corrected chi connectivity index (χ3v) is 8.57. The molecule has 0 radical (unpaired) electrons. The summed E-state index contributed by atoms with van der Waals surface area (Å²) in [7, 11) is 0. The second-order valence-electron chi connectivity index (χ2n) is 12.2. The van der Waals surface area contributed by atoms with Crippen LogP contribution in [0.4, 0.5) is 11.9 Å². The van der Waals surface area contributed by atoms with E-state index in [4.69, 9.17) is 11.5 Å². The summed E-state index contributed by atoms with van der Waals surface area (Å²) in [5.74, 6) is -2.29. The minimum atomic E-state index is -1.47. The van der Waals surface area contributed by atoms with Gasteiger partial charge in [0.15, 0.2) is 0 Å². The minimum absolute atomic E-state index is 0.0391. The average Bonchev–Trinajstić information content (AvgIpc) is 3.86. The Kier molecular flexibility index (Phi) is 9.59. The number of rotatable bonds is 13. The van der Waals surface area contributed by atoms with E-state index in [9.17, 15) is 29.4 Å².